The topological polar surface area (TPSA) is 49.8 Å². The molecule has 4 nitrogen and oxygen atoms in total. The third-order valence-corrected chi connectivity index (χ3v) is 4.26. The number of nitrogens with zero attached hydrogens (tertiary/aromatic N) is 2. The summed E-state index contributed by atoms with van der Waals surface area (Å²) in [7, 11) is 0. The molecule has 0 aliphatic carbocycles. The molecule has 2 aromatic heterocycles. The SMILES string of the molecule is Cc1csc(Nc2cccc(C3CCNCC3)n2)n1. The van der Waals surface area contributed by atoms with Crippen molar-refractivity contribution in [2.24, 2.45) is 0 Å². The Bertz CT molecular complexity index is 546. The summed E-state index contributed by atoms with van der Waals surface area (Å²) < 4.78 is 0. The zero-order valence-corrected chi connectivity index (χ0v) is 11.8. The first-order valence-electron chi connectivity index (χ1n) is 6.68. The van der Waals surface area contributed by atoms with Gasteiger partial charge in [0, 0.05) is 17.0 Å². The van der Waals surface area contributed by atoms with Crippen LogP contribution in [0.15, 0.2) is 23.6 Å². The third kappa shape index (κ3) is 3.11. The van der Waals surface area contributed by atoms with Gasteiger partial charge in [0.2, 0.25) is 0 Å². The van der Waals surface area contributed by atoms with Gasteiger partial charge < -0.3 is 10.6 Å². The largest absolute Gasteiger partial charge is 0.317 e. The number of anilines is 2. The highest BCUT2D eigenvalue weighted by Gasteiger charge is 2.16. The summed E-state index contributed by atoms with van der Waals surface area (Å²) in [6, 6.07) is 6.21. The van der Waals surface area contributed by atoms with Crippen LogP contribution in [0.25, 0.3) is 0 Å². The van der Waals surface area contributed by atoms with Crippen LogP contribution in [0.5, 0.6) is 0 Å². The molecule has 0 amide bonds. The van der Waals surface area contributed by atoms with Crippen molar-refractivity contribution in [2.75, 3.05) is 18.4 Å². The molecule has 1 aliphatic rings. The van der Waals surface area contributed by atoms with Crippen molar-refractivity contribution in [1.82, 2.24) is 15.3 Å². The molecule has 0 saturated carbocycles. The van der Waals surface area contributed by atoms with Gasteiger partial charge in [-0.1, -0.05) is 6.07 Å². The molecule has 0 atom stereocenters. The first kappa shape index (κ1) is 12.6. The van der Waals surface area contributed by atoms with Gasteiger partial charge in [0.05, 0.1) is 5.69 Å². The van der Waals surface area contributed by atoms with Crippen LogP contribution in [0.3, 0.4) is 0 Å². The lowest BCUT2D eigenvalue weighted by Crippen LogP contribution is -2.27. The van der Waals surface area contributed by atoms with E-state index in [4.69, 9.17) is 4.98 Å². The zero-order valence-electron chi connectivity index (χ0n) is 11.0. The smallest absolute Gasteiger partial charge is 0.188 e. The van der Waals surface area contributed by atoms with Gasteiger partial charge in [0.25, 0.3) is 0 Å². The van der Waals surface area contributed by atoms with E-state index in [-0.39, 0.29) is 0 Å². The van der Waals surface area contributed by atoms with E-state index in [9.17, 15) is 0 Å². The van der Waals surface area contributed by atoms with Crippen LogP contribution in [0.4, 0.5) is 10.9 Å². The van der Waals surface area contributed by atoms with Crippen LogP contribution in [0.1, 0.15) is 30.1 Å². The summed E-state index contributed by atoms with van der Waals surface area (Å²) in [5, 5.41) is 9.63. The minimum Gasteiger partial charge on any atom is -0.317 e. The average Bonchev–Trinajstić information content (AvgIpc) is 2.85. The van der Waals surface area contributed by atoms with Gasteiger partial charge in [0.15, 0.2) is 5.13 Å². The maximum absolute atomic E-state index is 4.73. The Morgan fingerprint density at radius 1 is 1.26 bits per heavy atom. The van der Waals surface area contributed by atoms with Crippen LogP contribution < -0.4 is 10.6 Å². The molecule has 1 saturated heterocycles. The number of hydrogen-bond acceptors (Lipinski definition) is 5. The van der Waals surface area contributed by atoms with Crippen LogP contribution in [0, 0.1) is 6.92 Å². The molecule has 2 aromatic rings. The van der Waals surface area contributed by atoms with Crippen molar-refractivity contribution in [1.29, 1.82) is 0 Å². The normalized spacial score (nSPS) is 16.5. The number of piperidine rings is 1. The Kier molecular flexibility index (Phi) is 3.75. The van der Waals surface area contributed by atoms with E-state index < -0.39 is 0 Å². The fraction of sp³-hybridized carbons (Fsp3) is 0.429. The van der Waals surface area contributed by atoms with E-state index in [1.165, 1.54) is 18.5 Å². The molecule has 0 spiro atoms. The fourth-order valence-electron chi connectivity index (χ4n) is 2.39. The van der Waals surface area contributed by atoms with Gasteiger partial charge in [-0.15, -0.1) is 11.3 Å². The maximum Gasteiger partial charge on any atom is 0.188 e. The van der Waals surface area contributed by atoms with Gasteiger partial charge in [-0.2, -0.15) is 0 Å². The van der Waals surface area contributed by atoms with Gasteiger partial charge in [-0.25, -0.2) is 9.97 Å². The second-order valence-corrected chi connectivity index (χ2v) is 5.75. The predicted octanol–water partition coefficient (Wildman–Crippen LogP) is 3.06. The summed E-state index contributed by atoms with van der Waals surface area (Å²) in [5.74, 6) is 1.48. The molecule has 2 N–H and O–H groups in total. The maximum atomic E-state index is 4.73. The van der Waals surface area contributed by atoms with E-state index in [2.05, 4.69) is 27.8 Å². The molecule has 3 rings (SSSR count). The first-order valence-corrected chi connectivity index (χ1v) is 7.56. The van der Waals surface area contributed by atoms with Crippen molar-refractivity contribution >= 4 is 22.3 Å². The van der Waals surface area contributed by atoms with E-state index in [0.29, 0.717) is 5.92 Å². The number of hydrogen-bond donors (Lipinski definition) is 2. The van der Waals surface area contributed by atoms with Gasteiger partial charge in [0.1, 0.15) is 5.82 Å². The molecule has 0 aromatic carbocycles. The fourth-order valence-corrected chi connectivity index (χ4v) is 3.08. The molecule has 1 aliphatic heterocycles. The number of aryl methyl sites for hydroxylation is 1. The second-order valence-electron chi connectivity index (χ2n) is 4.89. The third-order valence-electron chi connectivity index (χ3n) is 3.38. The molecule has 100 valence electrons. The first-order chi connectivity index (χ1) is 9.31. The minimum atomic E-state index is 0.584. The molecule has 0 unspecified atom stereocenters. The molecular weight excluding hydrogens is 256 g/mol. The van der Waals surface area contributed by atoms with Crippen molar-refractivity contribution < 1.29 is 0 Å². The average molecular weight is 274 g/mol. The molecule has 0 radical (unpaired) electrons. The van der Waals surface area contributed by atoms with Crippen molar-refractivity contribution in [3.63, 3.8) is 0 Å². The predicted molar refractivity (Wildman–Crippen MR) is 79.2 cm³/mol. The number of pyridine rings is 1. The zero-order chi connectivity index (χ0) is 13.1. The molecule has 3 heterocycles. The standard InChI is InChI=1S/C14H18N4S/c1-10-9-19-14(16-10)18-13-4-2-3-12(17-13)11-5-7-15-8-6-11/h2-4,9,11,15H,5-8H2,1H3,(H,16,17,18). The second kappa shape index (κ2) is 5.67. The Morgan fingerprint density at radius 3 is 2.84 bits per heavy atom. The minimum absolute atomic E-state index is 0.584. The van der Waals surface area contributed by atoms with E-state index >= 15 is 0 Å². The van der Waals surface area contributed by atoms with E-state index in [0.717, 1.165) is 29.7 Å². The van der Waals surface area contributed by atoms with Crippen LogP contribution >= 0.6 is 11.3 Å². The summed E-state index contributed by atoms with van der Waals surface area (Å²) in [5.41, 5.74) is 2.24. The van der Waals surface area contributed by atoms with Crippen LogP contribution in [-0.2, 0) is 0 Å². The summed E-state index contributed by atoms with van der Waals surface area (Å²) in [6.45, 7) is 4.19. The Labute approximate surface area is 117 Å². The van der Waals surface area contributed by atoms with Crippen LogP contribution in [0.2, 0.25) is 0 Å². The van der Waals surface area contributed by atoms with Crippen molar-refractivity contribution in [3.05, 3.63) is 35.0 Å². The molecule has 1 fully saturated rings. The highest BCUT2D eigenvalue weighted by molar-refractivity contribution is 7.13. The number of aromatic nitrogens is 2. The molecule has 0 bridgehead atoms. The number of thiazole rings is 1. The number of rotatable bonds is 3. The number of nitrogens with one attached hydrogen (secondary N) is 2. The van der Waals surface area contributed by atoms with Gasteiger partial charge in [-0.05, 0) is 45.0 Å². The lowest BCUT2D eigenvalue weighted by molar-refractivity contribution is 0.453. The van der Waals surface area contributed by atoms with E-state index in [1.807, 2.05) is 18.4 Å². The monoisotopic (exact) mass is 274 g/mol. The highest BCUT2D eigenvalue weighted by Crippen LogP contribution is 2.25. The quantitative estimate of drug-likeness (QED) is 0.903. The highest BCUT2D eigenvalue weighted by atomic mass is 32.1. The van der Waals surface area contributed by atoms with Crippen molar-refractivity contribution in [2.45, 2.75) is 25.7 Å². The molecular formula is C14H18N4S. The van der Waals surface area contributed by atoms with Crippen LogP contribution in [-0.4, -0.2) is 23.1 Å². The Morgan fingerprint density at radius 2 is 2.11 bits per heavy atom. The molecule has 19 heavy (non-hydrogen) atoms. The lowest BCUT2D eigenvalue weighted by atomic mass is 9.94. The van der Waals surface area contributed by atoms with Crippen molar-refractivity contribution in [3.8, 4) is 0 Å². The lowest BCUT2D eigenvalue weighted by Gasteiger charge is -2.22. The molecule has 5 heteroatoms. The van der Waals surface area contributed by atoms with Gasteiger partial charge >= 0.3 is 0 Å². The summed E-state index contributed by atoms with van der Waals surface area (Å²) in [6.07, 6.45) is 2.35. The van der Waals surface area contributed by atoms with E-state index in [1.54, 1.807) is 11.3 Å². The Hall–Kier alpha value is -1.46. The summed E-state index contributed by atoms with van der Waals surface area (Å²) >= 11 is 1.61. The van der Waals surface area contributed by atoms with Gasteiger partial charge in [-0.3, -0.25) is 0 Å². The summed E-state index contributed by atoms with van der Waals surface area (Å²) in [4.78, 5) is 9.13. The Balaban J connectivity index is 1.75.